The van der Waals surface area contributed by atoms with Gasteiger partial charge in [0.1, 0.15) is 5.54 Å². The van der Waals surface area contributed by atoms with Crippen molar-refractivity contribution in [3.8, 4) is 0 Å². The van der Waals surface area contributed by atoms with Crippen LogP contribution in [0.5, 0.6) is 0 Å². The summed E-state index contributed by atoms with van der Waals surface area (Å²) >= 11 is 0. The maximum absolute atomic E-state index is 12.3. The zero-order valence-corrected chi connectivity index (χ0v) is 13.1. The second kappa shape index (κ2) is 7.05. The van der Waals surface area contributed by atoms with E-state index in [1.165, 1.54) is 12.8 Å². The molecule has 0 spiro atoms. The molecule has 21 heavy (non-hydrogen) atoms. The third-order valence-corrected chi connectivity index (χ3v) is 4.57. The van der Waals surface area contributed by atoms with Crippen molar-refractivity contribution >= 4 is 5.91 Å². The number of carbonyl (C=O) groups excluding carboxylic acids is 1. The van der Waals surface area contributed by atoms with E-state index in [1.807, 2.05) is 37.3 Å². The van der Waals surface area contributed by atoms with E-state index in [2.05, 4.69) is 17.1 Å². The predicted octanol–water partition coefficient (Wildman–Crippen LogP) is 1.71. The van der Waals surface area contributed by atoms with Crippen LogP contribution in [0, 0.1) is 5.92 Å². The molecule has 2 unspecified atom stereocenters. The second-order valence-electron chi connectivity index (χ2n) is 5.96. The van der Waals surface area contributed by atoms with E-state index in [9.17, 15) is 4.79 Å². The van der Waals surface area contributed by atoms with Crippen molar-refractivity contribution in [2.45, 2.75) is 32.2 Å². The van der Waals surface area contributed by atoms with E-state index in [-0.39, 0.29) is 5.91 Å². The monoisotopic (exact) mass is 289 g/mol. The molecule has 116 valence electrons. The molecule has 1 aliphatic rings. The fourth-order valence-electron chi connectivity index (χ4n) is 3.31. The lowest BCUT2D eigenvalue weighted by atomic mass is 9.88. The minimum atomic E-state index is -0.793. The van der Waals surface area contributed by atoms with Crippen molar-refractivity contribution in [2.75, 3.05) is 26.2 Å². The van der Waals surface area contributed by atoms with Gasteiger partial charge in [-0.15, -0.1) is 0 Å². The second-order valence-corrected chi connectivity index (χ2v) is 5.96. The van der Waals surface area contributed by atoms with Gasteiger partial charge in [-0.25, -0.2) is 0 Å². The summed E-state index contributed by atoms with van der Waals surface area (Å²) < 4.78 is 0. The first-order valence-corrected chi connectivity index (χ1v) is 7.95. The molecule has 0 bridgehead atoms. The molecule has 0 aromatic heterocycles. The lowest BCUT2D eigenvalue weighted by Crippen LogP contribution is -2.58. The van der Waals surface area contributed by atoms with Crippen molar-refractivity contribution in [1.29, 1.82) is 0 Å². The van der Waals surface area contributed by atoms with Gasteiger partial charge >= 0.3 is 0 Å². The van der Waals surface area contributed by atoms with Gasteiger partial charge in [-0.1, -0.05) is 50.6 Å². The molecule has 3 N–H and O–H groups in total. The smallest absolute Gasteiger partial charge is 0.243 e. The normalized spacial score (nSPS) is 22.1. The van der Waals surface area contributed by atoms with Gasteiger partial charge in [0, 0.05) is 13.1 Å². The molecule has 4 heteroatoms. The van der Waals surface area contributed by atoms with E-state index in [0.717, 1.165) is 24.6 Å². The average molecular weight is 289 g/mol. The number of amides is 1. The number of likely N-dealkylation sites (tertiary alicyclic amines) is 1. The number of hydrogen-bond donors (Lipinski definition) is 2. The predicted molar refractivity (Wildman–Crippen MR) is 85.8 cm³/mol. The van der Waals surface area contributed by atoms with Crippen molar-refractivity contribution < 1.29 is 4.79 Å². The highest BCUT2D eigenvalue weighted by Gasteiger charge is 2.40. The summed E-state index contributed by atoms with van der Waals surface area (Å²) in [5.41, 5.74) is 5.97. The highest BCUT2D eigenvalue weighted by molar-refractivity contribution is 5.86. The molecule has 1 aliphatic heterocycles. The standard InChI is InChI=1S/C17H27N3O/c1-3-14-10-11-20(12-14)13-17(16(18)21,19-4-2)15-8-6-5-7-9-15/h5-9,14,19H,3-4,10-13H2,1-2H3,(H2,18,21). The van der Waals surface area contributed by atoms with Crippen LogP contribution in [-0.4, -0.2) is 37.0 Å². The minimum absolute atomic E-state index is 0.296. The molecule has 2 rings (SSSR count). The maximum atomic E-state index is 12.3. The fraction of sp³-hybridized carbons (Fsp3) is 0.588. The summed E-state index contributed by atoms with van der Waals surface area (Å²) in [6.45, 7) is 7.71. The first-order valence-electron chi connectivity index (χ1n) is 7.95. The summed E-state index contributed by atoms with van der Waals surface area (Å²) in [4.78, 5) is 14.7. The number of primary amides is 1. The number of nitrogens with zero attached hydrogens (tertiary/aromatic N) is 1. The number of nitrogens with two attached hydrogens (primary N) is 1. The Morgan fingerprint density at radius 2 is 2.10 bits per heavy atom. The van der Waals surface area contributed by atoms with Crippen LogP contribution in [0.15, 0.2) is 30.3 Å². The number of carbonyl (C=O) groups is 1. The molecule has 0 aliphatic carbocycles. The van der Waals surface area contributed by atoms with Crippen molar-refractivity contribution in [3.63, 3.8) is 0 Å². The Balaban J connectivity index is 2.25. The van der Waals surface area contributed by atoms with Crippen LogP contribution in [0.2, 0.25) is 0 Å². The number of benzene rings is 1. The maximum Gasteiger partial charge on any atom is 0.243 e. The molecule has 2 atom stereocenters. The van der Waals surface area contributed by atoms with Crippen LogP contribution < -0.4 is 11.1 Å². The largest absolute Gasteiger partial charge is 0.368 e. The van der Waals surface area contributed by atoms with Gasteiger partial charge in [0.2, 0.25) is 5.91 Å². The highest BCUT2D eigenvalue weighted by atomic mass is 16.1. The van der Waals surface area contributed by atoms with E-state index < -0.39 is 5.54 Å². The van der Waals surface area contributed by atoms with Gasteiger partial charge in [0.15, 0.2) is 0 Å². The Labute approximate surface area is 127 Å². The van der Waals surface area contributed by atoms with E-state index in [0.29, 0.717) is 13.1 Å². The van der Waals surface area contributed by atoms with Crippen LogP contribution in [0.3, 0.4) is 0 Å². The van der Waals surface area contributed by atoms with Crippen LogP contribution in [0.1, 0.15) is 32.3 Å². The van der Waals surface area contributed by atoms with Crippen LogP contribution >= 0.6 is 0 Å². The molecule has 4 nitrogen and oxygen atoms in total. The first-order chi connectivity index (χ1) is 10.1. The fourth-order valence-corrected chi connectivity index (χ4v) is 3.31. The number of rotatable bonds is 7. The molecular formula is C17H27N3O. The summed E-state index contributed by atoms with van der Waals surface area (Å²) in [7, 11) is 0. The minimum Gasteiger partial charge on any atom is -0.368 e. The zero-order valence-electron chi connectivity index (χ0n) is 13.1. The van der Waals surface area contributed by atoms with Gasteiger partial charge in [-0.2, -0.15) is 0 Å². The summed E-state index contributed by atoms with van der Waals surface area (Å²) in [5.74, 6) is 0.448. The lowest BCUT2D eigenvalue weighted by molar-refractivity contribution is -0.125. The molecule has 1 amide bonds. The Kier molecular flexibility index (Phi) is 5.37. The Hall–Kier alpha value is -1.39. The van der Waals surface area contributed by atoms with E-state index in [4.69, 9.17) is 5.73 Å². The lowest BCUT2D eigenvalue weighted by Gasteiger charge is -2.35. The van der Waals surface area contributed by atoms with Crippen molar-refractivity contribution in [1.82, 2.24) is 10.2 Å². The molecule has 1 saturated heterocycles. The summed E-state index contributed by atoms with van der Waals surface area (Å²) in [6, 6.07) is 9.86. The third kappa shape index (κ3) is 3.44. The van der Waals surface area contributed by atoms with Crippen LogP contribution in [0.4, 0.5) is 0 Å². The van der Waals surface area contributed by atoms with Gasteiger partial charge < -0.3 is 10.6 Å². The van der Waals surface area contributed by atoms with Crippen molar-refractivity contribution in [3.05, 3.63) is 35.9 Å². The molecule has 1 heterocycles. The van der Waals surface area contributed by atoms with E-state index in [1.54, 1.807) is 0 Å². The molecule has 0 saturated carbocycles. The first kappa shape index (κ1) is 16.0. The molecule has 0 radical (unpaired) electrons. The number of nitrogens with one attached hydrogen (secondary N) is 1. The third-order valence-electron chi connectivity index (χ3n) is 4.57. The number of likely N-dealkylation sites (N-methyl/N-ethyl adjacent to an activating group) is 1. The molecular weight excluding hydrogens is 262 g/mol. The van der Waals surface area contributed by atoms with Gasteiger partial charge in [0.25, 0.3) is 0 Å². The Morgan fingerprint density at radius 1 is 1.38 bits per heavy atom. The van der Waals surface area contributed by atoms with Gasteiger partial charge in [-0.05, 0) is 31.0 Å². The topological polar surface area (TPSA) is 58.4 Å². The molecule has 1 aromatic carbocycles. The number of hydrogen-bond acceptors (Lipinski definition) is 3. The Morgan fingerprint density at radius 3 is 2.62 bits per heavy atom. The van der Waals surface area contributed by atoms with Gasteiger partial charge in [0.05, 0.1) is 0 Å². The van der Waals surface area contributed by atoms with Crippen LogP contribution in [0.25, 0.3) is 0 Å². The van der Waals surface area contributed by atoms with Crippen molar-refractivity contribution in [2.24, 2.45) is 11.7 Å². The summed E-state index contributed by atoms with van der Waals surface area (Å²) in [5, 5.41) is 3.36. The molecule has 1 fully saturated rings. The quantitative estimate of drug-likeness (QED) is 0.803. The SMILES string of the molecule is CCNC(CN1CCC(CC)C1)(C(N)=O)c1ccccc1. The average Bonchev–Trinajstić information content (AvgIpc) is 2.95. The molecule has 1 aromatic rings. The summed E-state index contributed by atoms with van der Waals surface area (Å²) in [6.07, 6.45) is 2.42. The van der Waals surface area contributed by atoms with Gasteiger partial charge in [-0.3, -0.25) is 10.1 Å². The highest BCUT2D eigenvalue weighted by Crippen LogP contribution is 2.27. The zero-order chi connectivity index (χ0) is 15.3. The Bertz CT molecular complexity index is 462. The van der Waals surface area contributed by atoms with Crippen LogP contribution in [-0.2, 0) is 10.3 Å². The van der Waals surface area contributed by atoms with E-state index >= 15 is 0 Å².